The molecule has 1 aromatic carbocycles. The molecule has 1 saturated heterocycles. The van der Waals surface area contributed by atoms with Gasteiger partial charge in [0, 0.05) is 48.5 Å². The Morgan fingerprint density at radius 3 is 2.82 bits per heavy atom. The highest BCUT2D eigenvalue weighted by Crippen LogP contribution is 2.21. The molecular formula is C24H25N5O3S2. The third kappa shape index (κ3) is 5.36. The van der Waals surface area contributed by atoms with Gasteiger partial charge in [0.05, 0.1) is 23.8 Å². The molecule has 1 aliphatic heterocycles. The molecule has 3 N–H and O–H groups in total. The Bertz CT molecular complexity index is 1260. The van der Waals surface area contributed by atoms with Gasteiger partial charge in [-0.3, -0.25) is 14.5 Å². The van der Waals surface area contributed by atoms with Gasteiger partial charge in [0.1, 0.15) is 6.04 Å². The molecule has 0 saturated carbocycles. The summed E-state index contributed by atoms with van der Waals surface area (Å²) in [5.41, 5.74) is 2.88. The van der Waals surface area contributed by atoms with Crippen LogP contribution in [-0.2, 0) is 22.5 Å². The Labute approximate surface area is 205 Å². The number of amides is 2. The summed E-state index contributed by atoms with van der Waals surface area (Å²) in [6.45, 7) is 3.94. The third-order valence-corrected chi connectivity index (χ3v) is 7.41. The molecule has 0 aliphatic carbocycles. The van der Waals surface area contributed by atoms with E-state index < -0.39 is 6.04 Å². The highest BCUT2D eigenvalue weighted by atomic mass is 32.1. The van der Waals surface area contributed by atoms with Crippen molar-refractivity contribution in [2.24, 2.45) is 0 Å². The van der Waals surface area contributed by atoms with Crippen molar-refractivity contribution < 1.29 is 14.3 Å². The largest absolute Gasteiger partial charge is 0.379 e. The fourth-order valence-corrected chi connectivity index (χ4v) is 5.32. The van der Waals surface area contributed by atoms with Gasteiger partial charge in [-0.15, -0.1) is 22.7 Å². The summed E-state index contributed by atoms with van der Waals surface area (Å²) >= 11 is 2.74. The van der Waals surface area contributed by atoms with Crippen LogP contribution in [0.2, 0.25) is 0 Å². The van der Waals surface area contributed by atoms with Crippen LogP contribution in [0.3, 0.4) is 0 Å². The molecule has 0 spiro atoms. The van der Waals surface area contributed by atoms with Crippen molar-refractivity contribution in [2.75, 3.05) is 31.6 Å². The van der Waals surface area contributed by atoms with Gasteiger partial charge in [0.25, 0.3) is 5.91 Å². The summed E-state index contributed by atoms with van der Waals surface area (Å²) in [5, 5.41) is 11.2. The molecule has 3 aromatic heterocycles. The molecule has 5 rings (SSSR count). The number of fused-ring (bicyclic) bond motifs is 1. The number of benzene rings is 1. The first-order chi connectivity index (χ1) is 16.7. The number of nitrogens with one attached hydrogen (secondary N) is 3. The van der Waals surface area contributed by atoms with Crippen LogP contribution in [-0.4, -0.2) is 59.0 Å². The first-order valence-electron chi connectivity index (χ1n) is 11.1. The highest BCUT2D eigenvalue weighted by molar-refractivity contribution is 7.14. The van der Waals surface area contributed by atoms with Crippen LogP contribution in [0.25, 0.3) is 10.9 Å². The number of aromatic amines is 1. The molecule has 0 unspecified atom stereocenters. The molecule has 4 heterocycles. The predicted octanol–water partition coefficient (Wildman–Crippen LogP) is 3.50. The quantitative estimate of drug-likeness (QED) is 0.348. The van der Waals surface area contributed by atoms with Gasteiger partial charge in [-0.2, -0.15) is 0 Å². The van der Waals surface area contributed by atoms with Crippen LogP contribution in [0.5, 0.6) is 0 Å². The molecule has 34 heavy (non-hydrogen) atoms. The number of thiazole rings is 1. The number of hydrogen-bond donors (Lipinski definition) is 3. The zero-order valence-corrected chi connectivity index (χ0v) is 20.1. The summed E-state index contributed by atoms with van der Waals surface area (Å²) < 4.78 is 5.40. The van der Waals surface area contributed by atoms with Crippen molar-refractivity contribution in [2.45, 2.75) is 19.0 Å². The minimum atomic E-state index is -0.750. The number of carbonyl (C=O) groups excluding carboxylic acids is 2. The molecular weight excluding hydrogens is 470 g/mol. The van der Waals surface area contributed by atoms with E-state index in [9.17, 15) is 9.59 Å². The molecule has 4 aromatic rings. The Kier molecular flexibility index (Phi) is 7.00. The van der Waals surface area contributed by atoms with Crippen LogP contribution in [0.4, 0.5) is 5.13 Å². The first-order valence-corrected chi connectivity index (χ1v) is 12.9. The number of nitrogens with zero attached hydrogens (tertiary/aromatic N) is 2. The number of aromatic nitrogens is 2. The highest BCUT2D eigenvalue weighted by Gasteiger charge is 2.25. The smallest absolute Gasteiger partial charge is 0.262 e. The number of carbonyl (C=O) groups is 2. The first kappa shape index (κ1) is 22.7. The molecule has 10 heteroatoms. The Morgan fingerprint density at radius 1 is 1.15 bits per heavy atom. The number of para-hydroxylation sites is 1. The zero-order valence-electron chi connectivity index (χ0n) is 18.5. The van der Waals surface area contributed by atoms with Crippen LogP contribution < -0.4 is 10.6 Å². The number of hydrogen-bond acceptors (Lipinski definition) is 7. The summed E-state index contributed by atoms with van der Waals surface area (Å²) in [6.07, 6.45) is 2.26. The van der Waals surface area contributed by atoms with Crippen LogP contribution in [0.15, 0.2) is 53.4 Å². The average Bonchev–Trinajstić information content (AvgIpc) is 3.61. The van der Waals surface area contributed by atoms with Crippen molar-refractivity contribution in [1.29, 1.82) is 0 Å². The van der Waals surface area contributed by atoms with E-state index in [0.717, 1.165) is 55.0 Å². The SMILES string of the molecule is O=C(N[C@H](Cc1c[nH]c2ccccc12)C(=O)Nc1nc(CN2CCOCC2)cs1)c1cccs1. The summed E-state index contributed by atoms with van der Waals surface area (Å²) in [7, 11) is 0. The fraction of sp³-hybridized carbons (Fsp3) is 0.292. The van der Waals surface area contributed by atoms with Crippen molar-refractivity contribution in [1.82, 2.24) is 20.2 Å². The van der Waals surface area contributed by atoms with E-state index in [1.165, 1.54) is 22.7 Å². The van der Waals surface area contributed by atoms with Gasteiger partial charge in [-0.1, -0.05) is 24.3 Å². The number of rotatable bonds is 8. The van der Waals surface area contributed by atoms with Gasteiger partial charge in [-0.25, -0.2) is 4.98 Å². The number of morpholine rings is 1. The minimum absolute atomic E-state index is 0.262. The Balaban J connectivity index is 1.30. The van der Waals surface area contributed by atoms with E-state index >= 15 is 0 Å². The maximum atomic E-state index is 13.3. The molecule has 0 bridgehead atoms. The van der Waals surface area contributed by atoms with E-state index in [4.69, 9.17) is 4.74 Å². The topological polar surface area (TPSA) is 99.3 Å². The lowest BCUT2D eigenvalue weighted by Gasteiger charge is -2.25. The van der Waals surface area contributed by atoms with E-state index in [1.54, 1.807) is 6.07 Å². The van der Waals surface area contributed by atoms with Gasteiger partial charge < -0.3 is 20.4 Å². The zero-order chi connectivity index (χ0) is 23.3. The normalized spacial score (nSPS) is 15.3. The van der Waals surface area contributed by atoms with Crippen LogP contribution in [0, 0.1) is 0 Å². The predicted molar refractivity (Wildman–Crippen MR) is 134 cm³/mol. The van der Waals surface area contributed by atoms with Crippen LogP contribution in [0.1, 0.15) is 20.9 Å². The monoisotopic (exact) mass is 495 g/mol. The molecule has 8 nitrogen and oxygen atoms in total. The number of anilines is 1. The summed E-state index contributed by atoms with van der Waals surface area (Å²) in [6, 6.07) is 10.7. The Hall–Kier alpha value is -3.05. The standard InChI is InChI=1S/C24H25N5O3S2/c30-22(28-24-26-17(15-34-24)14-29-7-9-32-10-8-29)20(27-23(31)21-6-3-11-33-21)12-16-13-25-19-5-2-1-4-18(16)19/h1-6,11,13,15,20,25H,7-10,12,14H2,(H,27,31)(H,26,28,30)/t20-/m1/s1. The summed E-state index contributed by atoms with van der Waals surface area (Å²) in [5.74, 6) is -0.551. The van der Waals surface area contributed by atoms with E-state index in [-0.39, 0.29) is 11.8 Å². The lowest BCUT2D eigenvalue weighted by atomic mass is 10.0. The van der Waals surface area contributed by atoms with E-state index in [1.807, 2.05) is 47.3 Å². The lowest BCUT2D eigenvalue weighted by Crippen LogP contribution is -2.45. The van der Waals surface area contributed by atoms with Crippen molar-refractivity contribution in [3.8, 4) is 0 Å². The van der Waals surface area contributed by atoms with Crippen molar-refractivity contribution in [3.05, 3.63) is 69.5 Å². The van der Waals surface area contributed by atoms with Gasteiger partial charge in [0.2, 0.25) is 5.91 Å². The second-order valence-electron chi connectivity index (χ2n) is 8.09. The maximum Gasteiger partial charge on any atom is 0.262 e. The lowest BCUT2D eigenvalue weighted by molar-refractivity contribution is -0.118. The number of thiophene rings is 1. The fourth-order valence-electron chi connectivity index (χ4n) is 3.98. The van der Waals surface area contributed by atoms with Crippen molar-refractivity contribution >= 4 is 50.5 Å². The molecule has 1 atom stereocenters. The Morgan fingerprint density at radius 2 is 2.00 bits per heavy atom. The van der Waals surface area contributed by atoms with Gasteiger partial charge >= 0.3 is 0 Å². The van der Waals surface area contributed by atoms with E-state index in [0.29, 0.717) is 16.4 Å². The molecule has 0 radical (unpaired) electrons. The van der Waals surface area contributed by atoms with Crippen molar-refractivity contribution in [3.63, 3.8) is 0 Å². The maximum absolute atomic E-state index is 13.3. The molecule has 2 amide bonds. The van der Waals surface area contributed by atoms with Gasteiger partial charge in [0.15, 0.2) is 5.13 Å². The molecule has 1 fully saturated rings. The molecule has 1 aliphatic rings. The summed E-state index contributed by atoms with van der Waals surface area (Å²) in [4.78, 5) is 36.7. The number of ether oxygens (including phenoxy) is 1. The van der Waals surface area contributed by atoms with E-state index in [2.05, 4.69) is 25.5 Å². The second kappa shape index (κ2) is 10.5. The minimum Gasteiger partial charge on any atom is -0.379 e. The third-order valence-electron chi connectivity index (χ3n) is 5.74. The van der Waals surface area contributed by atoms with Gasteiger partial charge in [-0.05, 0) is 23.1 Å². The van der Waals surface area contributed by atoms with Crippen LogP contribution >= 0.6 is 22.7 Å². The average molecular weight is 496 g/mol. The molecule has 176 valence electrons. The number of H-pyrrole nitrogens is 1. The second-order valence-corrected chi connectivity index (χ2v) is 9.89.